The molecule has 1 aromatic rings. The van der Waals surface area contributed by atoms with Crippen molar-refractivity contribution >= 4 is 5.69 Å². The molecule has 1 aromatic carbocycles. The number of rotatable bonds is 3. The number of non-ortho nitro benzene ring substituents is 1. The Morgan fingerprint density at radius 1 is 1.33 bits per heavy atom. The molecule has 0 saturated heterocycles. The predicted molar refractivity (Wildman–Crippen MR) is 39.5 cm³/mol. The van der Waals surface area contributed by atoms with E-state index in [0.717, 1.165) is 0 Å². The van der Waals surface area contributed by atoms with E-state index in [4.69, 9.17) is 0 Å². The van der Waals surface area contributed by atoms with Crippen molar-refractivity contribution in [2.75, 3.05) is 0 Å². The fourth-order valence-corrected chi connectivity index (χ4v) is 0.672. The van der Waals surface area contributed by atoms with E-state index in [-0.39, 0.29) is 11.4 Å². The molecular weight excluding hydrogens is 164 g/mol. The Morgan fingerprint density at radius 2 is 1.92 bits per heavy atom. The second kappa shape index (κ2) is 3.42. The van der Waals surface area contributed by atoms with Crippen LogP contribution in [0, 0.1) is 15.0 Å². The van der Waals surface area contributed by atoms with Crippen LogP contribution < -0.4 is 4.84 Å². The third-order valence-corrected chi connectivity index (χ3v) is 1.19. The zero-order chi connectivity index (χ0) is 8.97. The summed E-state index contributed by atoms with van der Waals surface area (Å²) in [6.07, 6.45) is 0. The van der Waals surface area contributed by atoms with E-state index in [2.05, 4.69) is 10.2 Å². The number of nitrogens with zero attached hydrogens (tertiary/aromatic N) is 2. The summed E-state index contributed by atoms with van der Waals surface area (Å²) in [6, 6.07) is 5.03. The van der Waals surface area contributed by atoms with Crippen molar-refractivity contribution in [1.82, 2.24) is 0 Å². The van der Waals surface area contributed by atoms with Gasteiger partial charge in [0.15, 0.2) is 11.1 Å². The largest absolute Gasteiger partial charge is 0.324 e. The SMILES string of the molecule is O=NOc1ccc([N+](=O)[O-])cc1. The lowest BCUT2D eigenvalue weighted by atomic mass is 10.3. The molecule has 0 aliphatic carbocycles. The van der Waals surface area contributed by atoms with Crippen LogP contribution in [0.3, 0.4) is 0 Å². The van der Waals surface area contributed by atoms with E-state index in [9.17, 15) is 15.0 Å². The molecule has 0 fully saturated rings. The van der Waals surface area contributed by atoms with Crippen LogP contribution in [0.15, 0.2) is 29.6 Å². The van der Waals surface area contributed by atoms with E-state index in [1.807, 2.05) is 0 Å². The lowest BCUT2D eigenvalue weighted by Gasteiger charge is -1.92. The zero-order valence-electron chi connectivity index (χ0n) is 5.84. The fourth-order valence-electron chi connectivity index (χ4n) is 0.672. The second-order valence-electron chi connectivity index (χ2n) is 1.92. The first-order valence-electron chi connectivity index (χ1n) is 2.98. The molecule has 6 heteroatoms. The van der Waals surface area contributed by atoms with Gasteiger partial charge >= 0.3 is 0 Å². The van der Waals surface area contributed by atoms with Crippen LogP contribution in [0.1, 0.15) is 0 Å². The second-order valence-corrected chi connectivity index (χ2v) is 1.92. The maximum Gasteiger partial charge on any atom is 0.269 e. The Labute approximate surface area is 66.8 Å². The topological polar surface area (TPSA) is 81.8 Å². The van der Waals surface area contributed by atoms with Crippen LogP contribution >= 0.6 is 0 Å². The van der Waals surface area contributed by atoms with Crippen molar-refractivity contribution in [3.05, 3.63) is 39.3 Å². The molecule has 12 heavy (non-hydrogen) atoms. The molecule has 0 N–H and O–H groups in total. The average molecular weight is 168 g/mol. The number of nitro groups is 1. The third kappa shape index (κ3) is 1.75. The first kappa shape index (κ1) is 8.12. The van der Waals surface area contributed by atoms with Gasteiger partial charge in [-0.05, 0) is 12.1 Å². The van der Waals surface area contributed by atoms with Gasteiger partial charge in [0, 0.05) is 12.1 Å². The number of hydrogen-bond donors (Lipinski definition) is 0. The maximum atomic E-state index is 10.1. The quantitative estimate of drug-likeness (QED) is 0.390. The molecule has 1 rings (SSSR count). The molecule has 0 spiro atoms. The van der Waals surface area contributed by atoms with Crippen LogP contribution in [-0.2, 0) is 0 Å². The van der Waals surface area contributed by atoms with Gasteiger partial charge in [-0.15, -0.1) is 4.91 Å². The predicted octanol–water partition coefficient (Wildman–Crippen LogP) is 1.65. The van der Waals surface area contributed by atoms with Gasteiger partial charge in [-0.3, -0.25) is 10.1 Å². The van der Waals surface area contributed by atoms with Gasteiger partial charge in [0.05, 0.1) is 4.92 Å². The van der Waals surface area contributed by atoms with Crippen molar-refractivity contribution in [1.29, 1.82) is 0 Å². The first-order chi connectivity index (χ1) is 5.74. The van der Waals surface area contributed by atoms with Gasteiger partial charge < -0.3 is 4.84 Å². The first-order valence-corrected chi connectivity index (χ1v) is 2.98. The van der Waals surface area contributed by atoms with E-state index in [1.165, 1.54) is 24.3 Å². The van der Waals surface area contributed by atoms with Gasteiger partial charge in [0.1, 0.15) is 0 Å². The van der Waals surface area contributed by atoms with Gasteiger partial charge in [0.25, 0.3) is 5.69 Å². The molecule has 6 nitrogen and oxygen atoms in total. The van der Waals surface area contributed by atoms with E-state index in [1.54, 1.807) is 0 Å². The lowest BCUT2D eigenvalue weighted by molar-refractivity contribution is -0.384. The standard InChI is InChI=1S/C6H4N2O4/c9-7-12-6-3-1-5(2-4-6)8(10)11/h1-4H. The van der Waals surface area contributed by atoms with E-state index in [0.29, 0.717) is 0 Å². The van der Waals surface area contributed by atoms with Gasteiger partial charge in [-0.1, -0.05) is 0 Å². The normalized spacial score (nSPS) is 9.00. The molecule has 0 bridgehead atoms. The minimum atomic E-state index is -0.544. The molecule has 0 saturated carbocycles. The molecule has 0 aliphatic rings. The number of hydrogen-bond acceptors (Lipinski definition) is 5. The average Bonchev–Trinajstić information content (AvgIpc) is 2.06. The summed E-state index contributed by atoms with van der Waals surface area (Å²) >= 11 is 0. The summed E-state index contributed by atoms with van der Waals surface area (Å²) in [4.78, 5) is 23.4. The van der Waals surface area contributed by atoms with Crippen LogP contribution in [0.25, 0.3) is 0 Å². The molecule has 0 atom stereocenters. The van der Waals surface area contributed by atoms with Crippen LogP contribution in [-0.4, -0.2) is 4.92 Å². The molecular formula is C6H4N2O4. The number of nitro benzene ring substituents is 1. The Kier molecular flexibility index (Phi) is 2.32. The summed E-state index contributed by atoms with van der Waals surface area (Å²) in [5.41, 5.74) is -0.0618. The van der Waals surface area contributed by atoms with E-state index < -0.39 is 4.92 Å². The van der Waals surface area contributed by atoms with Crippen LogP contribution in [0.2, 0.25) is 0 Å². The smallest absolute Gasteiger partial charge is 0.269 e. The van der Waals surface area contributed by atoms with Crippen molar-refractivity contribution in [3.8, 4) is 5.75 Å². The van der Waals surface area contributed by atoms with Crippen molar-refractivity contribution in [2.45, 2.75) is 0 Å². The number of benzene rings is 1. The zero-order valence-corrected chi connectivity index (χ0v) is 5.84. The fraction of sp³-hybridized carbons (Fsp3) is 0. The molecule has 0 aliphatic heterocycles. The monoisotopic (exact) mass is 168 g/mol. The van der Waals surface area contributed by atoms with Crippen molar-refractivity contribution in [2.24, 2.45) is 5.34 Å². The van der Waals surface area contributed by atoms with Crippen molar-refractivity contribution in [3.63, 3.8) is 0 Å². The third-order valence-electron chi connectivity index (χ3n) is 1.19. The highest BCUT2D eigenvalue weighted by molar-refractivity contribution is 5.35. The van der Waals surface area contributed by atoms with Crippen LogP contribution in [0.5, 0.6) is 5.75 Å². The summed E-state index contributed by atoms with van der Waals surface area (Å²) in [5.74, 6) is 0.176. The highest BCUT2D eigenvalue weighted by Gasteiger charge is 2.03. The summed E-state index contributed by atoms with van der Waals surface area (Å²) in [6.45, 7) is 0. The van der Waals surface area contributed by atoms with Gasteiger partial charge in [-0.25, -0.2) is 0 Å². The summed E-state index contributed by atoms with van der Waals surface area (Å²) in [7, 11) is 0. The molecule has 0 radical (unpaired) electrons. The molecule has 0 heterocycles. The highest BCUT2D eigenvalue weighted by Crippen LogP contribution is 2.16. The molecule has 62 valence electrons. The Morgan fingerprint density at radius 3 is 2.33 bits per heavy atom. The lowest BCUT2D eigenvalue weighted by Crippen LogP contribution is -1.87. The minimum Gasteiger partial charge on any atom is -0.324 e. The van der Waals surface area contributed by atoms with Crippen LogP contribution in [0.4, 0.5) is 5.69 Å². The Bertz CT molecular complexity index is 295. The highest BCUT2D eigenvalue weighted by atomic mass is 16.7. The molecule has 0 unspecified atom stereocenters. The summed E-state index contributed by atoms with van der Waals surface area (Å²) < 4.78 is 0. The maximum absolute atomic E-state index is 10.1. The Hall–Kier alpha value is -1.98. The van der Waals surface area contributed by atoms with Crippen molar-refractivity contribution < 1.29 is 9.76 Å². The van der Waals surface area contributed by atoms with Gasteiger partial charge in [0.2, 0.25) is 0 Å². The minimum absolute atomic E-state index is 0.0618. The molecule has 0 aromatic heterocycles. The summed E-state index contributed by atoms with van der Waals surface area (Å²) in [5, 5.41) is 12.3. The Balaban J connectivity index is 2.85. The van der Waals surface area contributed by atoms with E-state index >= 15 is 0 Å². The van der Waals surface area contributed by atoms with Gasteiger partial charge in [-0.2, -0.15) is 0 Å². The molecule has 0 amide bonds.